The molecule has 0 radical (unpaired) electrons. The van der Waals surface area contributed by atoms with Gasteiger partial charge in [0, 0.05) is 5.56 Å². The Morgan fingerprint density at radius 2 is 1.42 bits per heavy atom. The molecule has 8 bridgehead atoms. The van der Waals surface area contributed by atoms with Gasteiger partial charge in [0.15, 0.2) is 0 Å². The standard InChI is InChI=1S/C33H39NO4/c34-26-5-6-27(29(30(26)35)28-22-9-18-7-19(11-22)12-23(28)10-18)38-25-3-1-24(2-4-25)32-13-20-8-21(14-32)16-33(15-20,17-32)31(36)37/h1-6,18-23,28,35H,7-17,34H2,(H,36,37). The summed E-state index contributed by atoms with van der Waals surface area (Å²) in [5.41, 5.74) is 8.30. The highest BCUT2D eigenvalue weighted by atomic mass is 16.5. The third-order valence-electron chi connectivity index (χ3n) is 12.0. The quantitative estimate of drug-likeness (QED) is 0.290. The van der Waals surface area contributed by atoms with Crippen molar-refractivity contribution in [3.05, 3.63) is 47.5 Å². The van der Waals surface area contributed by atoms with E-state index >= 15 is 0 Å². The molecule has 5 heteroatoms. The molecule has 10 rings (SSSR count). The molecule has 8 saturated carbocycles. The van der Waals surface area contributed by atoms with Crippen LogP contribution in [0, 0.1) is 40.9 Å². The Labute approximate surface area is 224 Å². The smallest absolute Gasteiger partial charge is 0.309 e. The molecule has 4 N–H and O–H groups in total. The number of nitrogen functional groups attached to an aromatic ring is 1. The normalized spacial score (nSPS) is 41.9. The van der Waals surface area contributed by atoms with E-state index in [1.165, 1.54) is 44.1 Å². The van der Waals surface area contributed by atoms with Crippen molar-refractivity contribution in [2.75, 3.05) is 5.73 Å². The van der Waals surface area contributed by atoms with Crippen molar-refractivity contribution in [3.8, 4) is 17.2 Å². The minimum atomic E-state index is -0.587. The fourth-order valence-corrected chi connectivity index (χ4v) is 11.3. The zero-order valence-corrected chi connectivity index (χ0v) is 22.1. The molecule has 8 aliphatic rings. The zero-order chi connectivity index (χ0) is 25.8. The van der Waals surface area contributed by atoms with E-state index in [1.807, 2.05) is 6.07 Å². The first-order valence-electron chi connectivity index (χ1n) is 14.9. The van der Waals surface area contributed by atoms with E-state index < -0.39 is 11.4 Å². The largest absolute Gasteiger partial charge is 0.505 e. The van der Waals surface area contributed by atoms with Gasteiger partial charge >= 0.3 is 5.97 Å². The molecule has 2 unspecified atom stereocenters. The van der Waals surface area contributed by atoms with Crippen LogP contribution >= 0.6 is 0 Å². The minimum absolute atomic E-state index is 0.0218. The van der Waals surface area contributed by atoms with Crippen LogP contribution in [-0.4, -0.2) is 16.2 Å². The molecule has 0 spiro atoms. The number of carboxylic acids is 1. The maximum atomic E-state index is 12.3. The lowest BCUT2D eigenvalue weighted by atomic mass is 9.43. The SMILES string of the molecule is Nc1ccc(Oc2ccc(C34CC5CC(CC(C(=O)O)(C5)C3)C4)cc2)c(C2C3CC4CC(C3)CC2C4)c1O. The van der Waals surface area contributed by atoms with Gasteiger partial charge in [0.25, 0.3) is 0 Å². The molecule has 2 aromatic rings. The summed E-state index contributed by atoms with van der Waals surface area (Å²) in [5.74, 6) is 5.46. The number of carbonyl (C=O) groups is 1. The zero-order valence-electron chi connectivity index (χ0n) is 22.1. The second kappa shape index (κ2) is 7.92. The van der Waals surface area contributed by atoms with Crippen molar-refractivity contribution in [1.29, 1.82) is 0 Å². The van der Waals surface area contributed by atoms with Crippen LogP contribution in [0.25, 0.3) is 0 Å². The Morgan fingerprint density at radius 3 is 2.03 bits per heavy atom. The van der Waals surface area contributed by atoms with Gasteiger partial charge in [-0.05, 0) is 147 Å². The molecule has 0 amide bonds. The van der Waals surface area contributed by atoms with Crippen molar-refractivity contribution in [3.63, 3.8) is 0 Å². The summed E-state index contributed by atoms with van der Waals surface area (Å²) >= 11 is 0. The number of benzene rings is 2. The maximum absolute atomic E-state index is 12.3. The number of phenolic OH excluding ortho intramolecular Hbond substituents is 1. The topological polar surface area (TPSA) is 92.8 Å². The number of carboxylic acid groups (broad SMARTS) is 1. The lowest BCUT2D eigenvalue weighted by Crippen LogP contribution is -2.56. The highest BCUT2D eigenvalue weighted by Gasteiger charge is 2.61. The lowest BCUT2D eigenvalue weighted by Gasteiger charge is -2.60. The molecule has 2 atom stereocenters. The van der Waals surface area contributed by atoms with Crippen LogP contribution in [0.1, 0.15) is 87.7 Å². The van der Waals surface area contributed by atoms with Crippen LogP contribution in [0.15, 0.2) is 36.4 Å². The summed E-state index contributed by atoms with van der Waals surface area (Å²) < 4.78 is 6.52. The molecule has 8 aliphatic carbocycles. The van der Waals surface area contributed by atoms with Gasteiger partial charge in [0.05, 0.1) is 11.1 Å². The second-order valence-corrected chi connectivity index (χ2v) is 14.3. The number of hydrogen-bond acceptors (Lipinski definition) is 4. The second-order valence-electron chi connectivity index (χ2n) is 14.3. The number of rotatable bonds is 5. The van der Waals surface area contributed by atoms with Gasteiger partial charge in [-0.1, -0.05) is 12.1 Å². The Bertz CT molecular complexity index is 1260. The van der Waals surface area contributed by atoms with Gasteiger partial charge in [-0.3, -0.25) is 4.79 Å². The number of ether oxygens (including phenoxy) is 1. The van der Waals surface area contributed by atoms with E-state index in [0.29, 0.717) is 35.3 Å². The van der Waals surface area contributed by atoms with E-state index in [4.69, 9.17) is 10.5 Å². The van der Waals surface area contributed by atoms with Crippen LogP contribution in [0.4, 0.5) is 5.69 Å². The average molecular weight is 514 g/mol. The molecule has 200 valence electrons. The summed E-state index contributed by atoms with van der Waals surface area (Å²) in [6.45, 7) is 0. The number of phenols is 1. The first kappa shape index (κ1) is 23.2. The predicted molar refractivity (Wildman–Crippen MR) is 145 cm³/mol. The number of hydrogen-bond donors (Lipinski definition) is 3. The molecule has 38 heavy (non-hydrogen) atoms. The van der Waals surface area contributed by atoms with E-state index in [9.17, 15) is 15.0 Å². The number of anilines is 1. The van der Waals surface area contributed by atoms with Crippen molar-refractivity contribution in [1.82, 2.24) is 0 Å². The summed E-state index contributed by atoms with van der Waals surface area (Å²) in [5, 5.41) is 21.3. The van der Waals surface area contributed by atoms with E-state index in [0.717, 1.165) is 61.0 Å². The molecular formula is C33H39NO4. The van der Waals surface area contributed by atoms with E-state index in [1.54, 1.807) is 6.07 Å². The molecular weight excluding hydrogens is 474 g/mol. The highest BCUT2D eigenvalue weighted by molar-refractivity contribution is 5.76. The molecule has 2 aromatic carbocycles. The van der Waals surface area contributed by atoms with Gasteiger partial charge in [-0.25, -0.2) is 0 Å². The van der Waals surface area contributed by atoms with E-state index in [2.05, 4.69) is 24.3 Å². The first-order chi connectivity index (χ1) is 18.3. The molecule has 5 nitrogen and oxygen atoms in total. The fraction of sp³-hybridized carbons (Fsp3) is 0.606. The highest BCUT2D eigenvalue weighted by Crippen LogP contribution is 2.66. The third-order valence-corrected chi connectivity index (χ3v) is 12.0. The predicted octanol–water partition coefficient (Wildman–Crippen LogP) is 7.23. The van der Waals surface area contributed by atoms with Crippen molar-refractivity contribution < 1.29 is 19.7 Å². The number of aromatic hydroxyl groups is 1. The van der Waals surface area contributed by atoms with Gasteiger partial charge < -0.3 is 20.7 Å². The Hall–Kier alpha value is -2.69. The van der Waals surface area contributed by atoms with Gasteiger partial charge in [0.2, 0.25) is 0 Å². The number of aliphatic carboxylic acids is 1. The lowest BCUT2D eigenvalue weighted by molar-refractivity contribution is -0.167. The summed E-state index contributed by atoms with van der Waals surface area (Å²) in [7, 11) is 0. The Morgan fingerprint density at radius 1 is 0.816 bits per heavy atom. The maximum Gasteiger partial charge on any atom is 0.309 e. The summed E-state index contributed by atoms with van der Waals surface area (Å²) in [6.07, 6.45) is 12.4. The van der Waals surface area contributed by atoms with Gasteiger partial charge in [-0.2, -0.15) is 0 Å². The van der Waals surface area contributed by atoms with Gasteiger partial charge in [-0.15, -0.1) is 0 Å². The molecule has 0 heterocycles. The van der Waals surface area contributed by atoms with Crippen LogP contribution in [0.2, 0.25) is 0 Å². The van der Waals surface area contributed by atoms with Crippen molar-refractivity contribution in [2.24, 2.45) is 40.9 Å². The summed E-state index contributed by atoms with van der Waals surface area (Å²) in [6, 6.07) is 12.2. The van der Waals surface area contributed by atoms with Crippen molar-refractivity contribution >= 4 is 11.7 Å². The van der Waals surface area contributed by atoms with Crippen LogP contribution in [-0.2, 0) is 10.2 Å². The van der Waals surface area contributed by atoms with Crippen molar-refractivity contribution in [2.45, 2.75) is 82.0 Å². The summed E-state index contributed by atoms with van der Waals surface area (Å²) in [4.78, 5) is 12.3. The Kier molecular flexibility index (Phi) is 4.84. The fourth-order valence-electron chi connectivity index (χ4n) is 11.3. The molecule has 0 aromatic heterocycles. The third kappa shape index (κ3) is 3.32. The monoisotopic (exact) mass is 513 g/mol. The van der Waals surface area contributed by atoms with Gasteiger partial charge in [0.1, 0.15) is 17.2 Å². The minimum Gasteiger partial charge on any atom is -0.505 e. The van der Waals surface area contributed by atoms with Crippen LogP contribution < -0.4 is 10.5 Å². The molecule has 8 fully saturated rings. The Balaban J connectivity index is 1.10. The van der Waals surface area contributed by atoms with Crippen LogP contribution in [0.5, 0.6) is 17.2 Å². The van der Waals surface area contributed by atoms with E-state index in [-0.39, 0.29) is 11.2 Å². The number of nitrogens with two attached hydrogens (primary N) is 1. The first-order valence-corrected chi connectivity index (χ1v) is 14.9. The average Bonchev–Trinajstić information content (AvgIpc) is 2.87. The molecule has 0 saturated heterocycles. The molecule has 0 aliphatic heterocycles. The van der Waals surface area contributed by atoms with Crippen LogP contribution in [0.3, 0.4) is 0 Å².